The maximum absolute atomic E-state index is 13.8. The van der Waals surface area contributed by atoms with Gasteiger partial charge in [-0.3, -0.25) is 9.36 Å². The van der Waals surface area contributed by atoms with E-state index in [2.05, 4.69) is 10.2 Å². The summed E-state index contributed by atoms with van der Waals surface area (Å²) < 4.78 is 13.2. The van der Waals surface area contributed by atoms with E-state index in [1.165, 1.54) is 22.2 Å². The molecule has 0 amide bonds. The van der Waals surface area contributed by atoms with Gasteiger partial charge in [-0.15, -0.1) is 21.5 Å². The fraction of sp³-hybridized carbons (Fsp3) is 0.231. The van der Waals surface area contributed by atoms with E-state index in [4.69, 9.17) is 14.1 Å². The Hall–Kier alpha value is -3.43. The minimum Gasteiger partial charge on any atom is -0.494 e. The fourth-order valence-corrected chi connectivity index (χ4v) is 6.50. The second-order valence-electron chi connectivity index (χ2n) is 8.16. The lowest BCUT2D eigenvalue weighted by Crippen LogP contribution is -2.21. The lowest BCUT2D eigenvalue weighted by molar-refractivity contribution is 0.340. The third kappa shape index (κ3) is 4.15. The smallest absolute Gasteiger partial charge is 0.267 e. The highest BCUT2D eigenvalue weighted by molar-refractivity contribution is 7.98. The van der Waals surface area contributed by atoms with Gasteiger partial charge in [0.1, 0.15) is 10.6 Å². The van der Waals surface area contributed by atoms with Gasteiger partial charge in [0, 0.05) is 10.4 Å². The highest BCUT2D eigenvalue weighted by Gasteiger charge is 2.24. The molecule has 0 atom stereocenters. The summed E-state index contributed by atoms with van der Waals surface area (Å²) in [5.41, 5.74) is 2.76. The third-order valence-electron chi connectivity index (χ3n) is 5.93. The van der Waals surface area contributed by atoms with Crippen LogP contribution in [-0.2, 0) is 18.6 Å². The number of ether oxygens (including phenoxy) is 1. The number of nitrogens with zero attached hydrogens (tertiary/aromatic N) is 4. The zero-order valence-corrected chi connectivity index (χ0v) is 20.7. The average molecular weight is 503 g/mol. The molecule has 0 spiro atoms. The van der Waals surface area contributed by atoms with E-state index in [0.717, 1.165) is 46.5 Å². The summed E-state index contributed by atoms with van der Waals surface area (Å²) in [6.45, 7) is 2.53. The Balaban J connectivity index is 1.38. The van der Waals surface area contributed by atoms with Crippen molar-refractivity contribution in [2.75, 3.05) is 6.61 Å². The molecule has 35 heavy (non-hydrogen) atoms. The van der Waals surface area contributed by atoms with Crippen molar-refractivity contribution in [3.05, 3.63) is 81.3 Å². The SMILES string of the molecule is CCOc1ccc(-n2c(SCc3nnc(-c4ccccc4)o3)nc3sc4c(c3c2=O)CCC4)cc1. The minimum atomic E-state index is -0.0310. The second-order valence-corrected chi connectivity index (χ2v) is 10.2. The first-order valence-corrected chi connectivity index (χ1v) is 13.3. The summed E-state index contributed by atoms with van der Waals surface area (Å²) in [6.07, 6.45) is 3.05. The van der Waals surface area contributed by atoms with Crippen LogP contribution in [0.15, 0.2) is 69.0 Å². The molecule has 0 fully saturated rings. The highest BCUT2D eigenvalue weighted by atomic mass is 32.2. The summed E-state index contributed by atoms with van der Waals surface area (Å²) in [4.78, 5) is 20.8. The normalized spacial score (nSPS) is 12.8. The Morgan fingerprint density at radius 1 is 1.09 bits per heavy atom. The van der Waals surface area contributed by atoms with Crippen molar-refractivity contribution < 1.29 is 9.15 Å². The Kier molecular flexibility index (Phi) is 5.87. The lowest BCUT2D eigenvalue weighted by Gasteiger charge is -2.12. The van der Waals surface area contributed by atoms with Crippen LogP contribution in [0.1, 0.15) is 29.7 Å². The van der Waals surface area contributed by atoms with Crippen molar-refractivity contribution >= 4 is 33.3 Å². The number of thioether (sulfide) groups is 1. The van der Waals surface area contributed by atoms with Crippen LogP contribution < -0.4 is 10.3 Å². The van der Waals surface area contributed by atoms with Crippen molar-refractivity contribution in [3.8, 4) is 22.9 Å². The van der Waals surface area contributed by atoms with E-state index in [1.807, 2.05) is 61.5 Å². The van der Waals surface area contributed by atoms with Crippen LogP contribution in [0, 0.1) is 0 Å². The number of benzene rings is 2. The molecule has 0 aliphatic heterocycles. The lowest BCUT2D eigenvalue weighted by atomic mass is 10.2. The fourth-order valence-electron chi connectivity index (χ4n) is 4.34. The van der Waals surface area contributed by atoms with Crippen LogP contribution >= 0.6 is 23.1 Å². The Morgan fingerprint density at radius 2 is 1.91 bits per heavy atom. The number of fused-ring (bicyclic) bond motifs is 3. The van der Waals surface area contributed by atoms with E-state index in [0.29, 0.717) is 29.3 Å². The number of aryl methyl sites for hydroxylation is 2. The highest BCUT2D eigenvalue weighted by Crippen LogP contribution is 2.36. The number of thiophene rings is 1. The van der Waals surface area contributed by atoms with E-state index < -0.39 is 0 Å². The average Bonchev–Trinajstić information content (AvgIpc) is 3.61. The predicted molar refractivity (Wildman–Crippen MR) is 138 cm³/mol. The van der Waals surface area contributed by atoms with Gasteiger partial charge in [-0.2, -0.15) is 0 Å². The van der Waals surface area contributed by atoms with Gasteiger partial charge in [0.25, 0.3) is 5.56 Å². The Labute approximate surface area is 209 Å². The molecule has 9 heteroatoms. The minimum absolute atomic E-state index is 0.0310. The van der Waals surface area contributed by atoms with Crippen LogP contribution in [0.4, 0.5) is 0 Å². The van der Waals surface area contributed by atoms with Gasteiger partial charge in [-0.05, 0) is 68.1 Å². The van der Waals surface area contributed by atoms with E-state index in [9.17, 15) is 4.79 Å². The summed E-state index contributed by atoms with van der Waals surface area (Å²) in [7, 11) is 0. The number of hydrogen-bond acceptors (Lipinski definition) is 8. The number of rotatable bonds is 7. The van der Waals surface area contributed by atoms with Gasteiger partial charge in [0.05, 0.1) is 23.4 Å². The molecule has 1 aliphatic carbocycles. The maximum Gasteiger partial charge on any atom is 0.267 e. The van der Waals surface area contributed by atoms with Crippen molar-refractivity contribution in [2.45, 2.75) is 37.1 Å². The van der Waals surface area contributed by atoms with Crippen molar-refractivity contribution in [3.63, 3.8) is 0 Å². The monoisotopic (exact) mass is 502 g/mol. The van der Waals surface area contributed by atoms with Crippen LogP contribution in [-0.4, -0.2) is 26.4 Å². The molecule has 7 nitrogen and oxygen atoms in total. The molecular formula is C26H22N4O3S2. The molecule has 1 aliphatic rings. The Bertz CT molecular complexity index is 1560. The molecule has 3 aromatic heterocycles. The molecule has 5 aromatic rings. The molecule has 2 aromatic carbocycles. The zero-order valence-electron chi connectivity index (χ0n) is 19.1. The molecule has 0 radical (unpaired) electrons. The van der Waals surface area contributed by atoms with Gasteiger partial charge < -0.3 is 9.15 Å². The molecule has 176 valence electrons. The van der Waals surface area contributed by atoms with E-state index in [-0.39, 0.29) is 5.56 Å². The van der Waals surface area contributed by atoms with Crippen LogP contribution in [0.25, 0.3) is 27.4 Å². The van der Waals surface area contributed by atoms with Crippen LogP contribution in [0.2, 0.25) is 0 Å². The standard InChI is InChI=1S/C26H22N4O3S2/c1-2-32-18-13-11-17(12-14-18)30-25(31)22-19-9-6-10-20(19)35-24(22)27-26(30)34-15-21-28-29-23(33-21)16-7-4-3-5-8-16/h3-5,7-8,11-14H,2,6,9-10,15H2,1H3. The number of aromatic nitrogens is 4. The third-order valence-corrected chi connectivity index (χ3v) is 8.04. The van der Waals surface area contributed by atoms with E-state index >= 15 is 0 Å². The second kappa shape index (κ2) is 9.31. The molecule has 0 saturated carbocycles. The molecule has 0 unspecified atom stereocenters. The van der Waals surface area contributed by atoms with Crippen LogP contribution in [0.5, 0.6) is 5.75 Å². The Morgan fingerprint density at radius 3 is 2.71 bits per heavy atom. The molecule has 0 bridgehead atoms. The first kappa shape index (κ1) is 22.1. The molecule has 3 heterocycles. The molecular weight excluding hydrogens is 480 g/mol. The van der Waals surface area contributed by atoms with Gasteiger partial charge in [0.15, 0.2) is 5.16 Å². The van der Waals surface area contributed by atoms with Gasteiger partial charge >= 0.3 is 0 Å². The molecule has 0 N–H and O–H groups in total. The summed E-state index contributed by atoms with van der Waals surface area (Å²) in [5.74, 6) is 2.13. The van der Waals surface area contributed by atoms with Gasteiger partial charge in [-0.1, -0.05) is 30.0 Å². The van der Waals surface area contributed by atoms with Crippen molar-refractivity contribution in [1.82, 2.24) is 19.7 Å². The first-order chi connectivity index (χ1) is 17.2. The molecule has 0 saturated heterocycles. The van der Waals surface area contributed by atoms with Crippen molar-refractivity contribution in [1.29, 1.82) is 0 Å². The van der Waals surface area contributed by atoms with Gasteiger partial charge in [-0.25, -0.2) is 4.98 Å². The summed E-state index contributed by atoms with van der Waals surface area (Å²) in [6, 6.07) is 17.2. The molecule has 6 rings (SSSR count). The number of hydrogen-bond donors (Lipinski definition) is 0. The topological polar surface area (TPSA) is 83.0 Å². The summed E-state index contributed by atoms with van der Waals surface area (Å²) >= 11 is 3.06. The summed E-state index contributed by atoms with van der Waals surface area (Å²) in [5, 5.41) is 9.74. The maximum atomic E-state index is 13.8. The van der Waals surface area contributed by atoms with Gasteiger partial charge in [0.2, 0.25) is 11.8 Å². The zero-order chi connectivity index (χ0) is 23.8. The van der Waals surface area contributed by atoms with Crippen LogP contribution in [0.3, 0.4) is 0 Å². The first-order valence-electron chi connectivity index (χ1n) is 11.5. The largest absolute Gasteiger partial charge is 0.494 e. The quantitative estimate of drug-likeness (QED) is 0.209. The van der Waals surface area contributed by atoms with E-state index in [1.54, 1.807) is 15.9 Å². The van der Waals surface area contributed by atoms with Crippen molar-refractivity contribution in [2.24, 2.45) is 0 Å². The predicted octanol–water partition coefficient (Wildman–Crippen LogP) is 5.68.